The standard InChI is InChI=1S/C22H22N4O2/c1-23-13-12-18-19(16-8-4-2-5-9-16)14-24-21(27)25(17-10-6-3-7-11-17)22(28)26(24)20(18)15-23/h2-11,20H,12-15H2,1H3. The Morgan fingerprint density at radius 1 is 0.893 bits per heavy atom. The number of fused-ring (bicyclic) bond motifs is 3. The Labute approximate surface area is 162 Å². The minimum Gasteiger partial charge on any atom is -0.304 e. The summed E-state index contributed by atoms with van der Waals surface area (Å²) >= 11 is 0. The monoisotopic (exact) mass is 374 g/mol. The van der Waals surface area contributed by atoms with Gasteiger partial charge in [-0.25, -0.2) is 23.5 Å². The summed E-state index contributed by atoms with van der Waals surface area (Å²) in [4.78, 5) is 28.8. The fourth-order valence-corrected chi connectivity index (χ4v) is 4.46. The summed E-state index contributed by atoms with van der Waals surface area (Å²) in [6, 6.07) is 19.3. The van der Waals surface area contributed by atoms with Crippen LogP contribution in [0.1, 0.15) is 18.0 Å². The first-order valence-corrected chi connectivity index (χ1v) is 9.61. The summed E-state index contributed by atoms with van der Waals surface area (Å²) in [5.41, 5.74) is 3.64. The van der Waals surface area contributed by atoms with Crippen molar-refractivity contribution in [1.29, 1.82) is 0 Å². The number of likely N-dealkylation sites (tertiary alicyclic amines) is 1. The highest BCUT2D eigenvalue weighted by Crippen LogP contribution is 2.36. The molecule has 1 aromatic heterocycles. The van der Waals surface area contributed by atoms with Gasteiger partial charge in [-0.1, -0.05) is 48.5 Å². The van der Waals surface area contributed by atoms with E-state index in [0.29, 0.717) is 12.2 Å². The van der Waals surface area contributed by atoms with Crippen LogP contribution in [0.15, 0.2) is 75.8 Å². The van der Waals surface area contributed by atoms with Crippen molar-refractivity contribution in [3.8, 4) is 5.69 Å². The molecule has 28 heavy (non-hydrogen) atoms. The molecule has 0 N–H and O–H groups in total. The van der Waals surface area contributed by atoms with Crippen molar-refractivity contribution in [3.05, 3.63) is 92.8 Å². The van der Waals surface area contributed by atoms with E-state index in [2.05, 4.69) is 24.1 Å². The van der Waals surface area contributed by atoms with E-state index in [0.717, 1.165) is 25.1 Å². The number of para-hydroxylation sites is 1. The molecule has 0 amide bonds. The molecule has 142 valence electrons. The van der Waals surface area contributed by atoms with E-state index in [1.54, 1.807) is 21.5 Å². The maximum atomic E-state index is 13.3. The SMILES string of the molecule is CN1CCC2=C(c3ccccc3)Cn3c(=O)n(-c4ccccc4)c(=O)n3C2C1. The van der Waals surface area contributed by atoms with Gasteiger partial charge in [-0.15, -0.1) is 0 Å². The van der Waals surface area contributed by atoms with Crippen molar-refractivity contribution in [2.75, 3.05) is 20.1 Å². The fourth-order valence-electron chi connectivity index (χ4n) is 4.46. The Morgan fingerprint density at radius 2 is 1.57 bits per heavy atom. The number of aromatic nitrogens is 3. The van der Waals surface area contributed by atoms with Crippen LogP contribution in [-0.4, -0.2) is 39.0 Å². The van der Waals surface area contributed by atoms with E-state index in [-0.39, 0.29) is 17.4 Å². The number of likely N-dealkylation sites (N-methyl/N-ethyl adjacent to an activating group) is 1. The minimum atomic E-state index is -0.281. The molecule has 5 rings (SSSR count). The average molecular weight is 374 g/mol. The second-order valence-corrected chi connectivity index (χ2v) is 7.54. The van der Waals surface area contributed by atoms with Crippen LogP contribution in [0.5, 0.6) is 0 Å². The number of allylic oxidation sites excluding steroid dienone is 1. The molecular formula is C22H22N4O2. The largest absolute Gasteiger partial charge is 0.352 e. The Morgan fingerprint density at radius 3 is 2.29 bits per heavy atom. The molecule has 3 heterocycles. The van der Waals surface area contributed by atoms with Crippen molar-refractivity contribution >= 4 is 5.57 Å². The van der Waals surface area contributed by atoms with Crippen LogP contribution in [0.3, 0.4) is 0 Å². The van der Waals surface area contributed by atoms with Crippen LogP contribution in [0.2, 0.25) is 0 Å². The smallest absolute Gasteiger partial charge is 0.304 e. The van der Waals surface area contributed by atoms with Gasteiger partial charge in [-0.3, -0.25) is 0 Å². The number of rotatable bonds is 2. The van der Waals surface area contributed by atoms with Crippen molar-refractivity contribution in [3.63, 3.8) is 0 Å². The summed E-state index contributed by atoms with van der Waals surface area (Å²) in [6.45, 7) is 2.11. The summed E-state index contributed by atoms with van der Waals surface area (Å²) in [7, 11) is 2.06. The lowest BCUT2D eigenvalue weighted by Crippen LogP contribution is -2.44. The molecule has 2 aromatic carbocycles. The van der Waals surface area contributed by atoms with Gasteiger partial charge in [-0.05, 0) is 42.3 Å². The highest BCUT2D eigenvalue weighted by Gasteiger charge is 2.35. The first kappa shape index (κ1) is 17.0. The summed E-state index contributed by atoms with van der Waals surface area (Å²) in [5, 5.41) is 0. The van der Waals surface area contributed by atoms with Crippen LogP contribution in [-0.2, 0) is 6.54 Å². The Hall–Kier alpha value is -3.12. The van der Waals surface area contributed by atoms with Gasteiger partial charge in [0.1, 0.15) is 0 Å². The number of piperidine rings is 1. The molecule has 0 spiro atoms. The van der Waals surface area contributed by atoms with Crippen LogP contribution in [0, 0.1) is 0 Å². The molecule has 1 fully saturated rings. The molecule has 3 aromatic rings. The van der Waals surface area contributed by atoms with E-state index in [9.17, 15) is 9.59 Å². The lowest BCUT2D eigenvalue weighted by Gasteiger charge is -2.38. The third-order valence-corrected chi connectivity index (χ3v) is 5.84. The number of nitrogens with zero attached hydrogens (tertiary/aromatic N) is 4. The first-order chi connectivity index (χ1) is 13.6. The van der Waals surface area contributed by atoms with Gasteiger partial charge in [0.05, 0.1) is 18.3 Å². The number of hydrogen-bond acceptors (Lipinski definition) is 3. The lowest BCUT2D eigenvalue weighted by molar-refractivity contribution is 0.224. The fraction of sp³-hybridized carbons (Fsp3) is 0.273. The molecule has 2 aliphatic rings. The zero-order valence-electron chi connectivity index (χ0n) is 15.8. The number of benzene rings is 2. The highest BCUT2D eigenvalue weighted by atomic mass is 16.2. The molecule has 0 radical (unpaired) electrons. The van der Waals surface area contributed by atoms with Crippen LogP contribution >= 0.6 is 0 Å². The van der Waals surface area contributed by atoms with Crippen LogP contribution < -0.4 is 11.4 Å². The molecule has 0 saturated carbocycles. The van der Waals surface area contributed by atoms with Crippen molar-refractivity contribution in [2.24, 2.45) is 0 Å². The molecule has 0 aliphatic carbocycles. The maximum absolute atomic E-state index is 13.3. The average Bonchev–Trinajstić information content (AvgIpc) is 2.99. The molecule has 1 saturated heterocycles. The van der Waals surface area contributed by atoms with E-state index >= 15 is 0 Å². The molecular weight excluding hydrogens is 352 g/mol. The predicted octanol–water partition coefficient (Wildman–Crippen LogP) is 2.14. The van der Waals surface area contributed by atoms with Gasteiger partial charge in [0.15, 0.2) is 0 Å². The van der Waals surface area contributed by atoms with Gasteiger partial charge < -0.3 is 4.90 Å². The van der Waals surface area contributed by atoms with E-state index in [1.165, 1.54) is 15.7 Å². The lowest BCUT2D eigenvalue weighted by atomic mass is 9.88. The number of hydrogen-bond donors (Lipinski definition) is 0. The van der Waals surface area contributed by atoms with Crippen LogP contribution in [0.4, 0.5) is 0 Å². The van der Waals surface area contributed by atoms with E-state index in [1.807, 2.05) is 36.4 Å². The third kappa shape index (κ3) is 2.52. The van der Waals surface area contributed by atoms with Gasteiger partial charge in [0, 0.05) is 13.1 Å². The summed E-state index contributed by atoms with van der Waals surface area (Å²) < 4.78 is 4.58. The van der Waals surface area contributed by atoms with Gasteiger partial charge >= 0.3 is 11.4 Å². The van der Waals surface area contributed by atoms with E-state index < -0.39 is 0 Å². The molecule has 6 heteroatoms. The molecule has 0 bridgehead atoms. The Kier molecular flexibility index (Phi) is 3.94. The Balaban J connectivity index is 1.74. The molecule has 2 aliphatic heterocycles. The quantitative estimate of drug-likeness (QED) is 0.691. The third-order valence-electron chi connectivity index (χ3n) is 5.84. The second-order valence-electron chi connectivity index (χ2n) is 7.54. The topological polar surface area (TPSA) is 52.2 Å². The zero-order valence-corrected chi connectivity index (χ0v) is 15.8. The molecule has 1 atom stereocenters. The van der Waals surface area contributed by atoms with Crippen LogP contribution in [0.25, 0.3) is 11.3 Å². The van der Waals surface area contributed by atoms with Crippen molar-refractivity contribution in [1.82, 2.24) is 18.8 Å². The molecule has 1 unspecified atom stereocenters. The second kappa shape index (κ2) is 6.49. The summed E-state index contributed by atoms with van der Waals surface area (Å²) in [6.07, 6.45) is 0.905. The first-order valence-electron chi connectivity index (χ1n) is 9.61. The zero-order chi connectivity index (χ0) is 19.3. The van der Waals surface area contributed by atoms with Crippen molar-refractivity contribution in [2.45, 2.75) is 19.0 Å². The molecule has 6 nitrogen and oxygen atoms in total. The van der Waals surface area contributed by atoms with Gasteiger partial charge in [0.25, 0.3) is 0 Å². The van der Waals surface area contributed by atoms with Gasteiger partial charge in [0.2, 0.25) is 0 Å². The minimum absolute atomic E-state index is 0.118. The Bertz CT molecular complexity index is 1170. The highest BCUT2D eigenvalue weighted by molar-refractivity contribution is 5.70. The predicted molar refractivity (Wildman–Crippen MR) is 109 cm³/mol. The normalized spacial score (nSPS) is 19.4. The van der Waals surface area contributed by atoms with Gasteiger partial charge in [-0.2, -0.15) is 0 Å². The van der Waals surface area contributed by atoms with Crippen molar-refractivity contribution < 1.29 is 0 Å². The van der Waals surface area contributed by atoms with E-state index in [4.69, 9.17) is 0 Å². The maximum Gasteiger partial charge on any atom is 0.352 e. The summed E-state index contributed by atoms with van der Waals surface area (Å²) in [5.74, 6) is 0.